The van der Waals surface area contributed by atoms with E-state index in [1.807, 2.05) is 24.3 Å². The fourth-order valence-corrected chi connectivity index (χ4v) is 3.37. The van der Waals surface area contributed by atoms with E-state index >= 15 is 0 Å². The van der Waals surface area contributed by atoms with Crippen LogP contribution < -0.4 is 14.7 Å². The van der Waals surface area contributed by atoms with Crippen molar-refractivity contribution in [2.45, 2.75) is 20.4 Å². The van der Waals surface area contributed by atoms with Crippen LogP contribution in [-0.4, -0.2) is 18.9 Å². The zero-order valence-corrected chi connectivity index (χ0v) is 15.9. The van der Waals surface area contributed by atoms with E-state index in [4.69, 9.17) is 4.74 Å². The summed E-state index contributed by atoms with van der Waals surface area (Å²) in [4.78, 5) is 13.9. The van der Waals surface area contributed by atoms with Gasteiger partial charge in [-0.25, -0.2) is 0 Å². The third kappa shape index (κ3) is 3.62. The highest BCUT2D eigenvalue weighted by Crippen LogP contribution is 2.38. The van der Waals surface area contributed by atoms with Crippen LogP contribution in [0.25, 0.3) is 6.08 Å². The monoisotopic (exact) mass is 401 g/mol. The van der Waals surface area contributed by atoms with Gasteiger partial charge in [-0.15, -0.1) is 0 Å². The predicted octanol–water partition coefficient (Wildman–Crippen LogP) is 2.56. The van der Waals surface area contributed by atoms with Crippen molar-refractivity contribution in [1.29, 1.82) is 0 Å². The van der Waals surface area contributed by atoms with E-state index in [0.717, 1.165) is 23.1 Å². The highest BCUT2D eigenvalue weighted by molar-refractivity contribution is 9.10. The molecule has 0 saturated heterocycles. The Hall–Kier alpha value is -2.11. The molecular weight excluding hydrogens is 382 g/mol. The molecule has 0 unspecified atom stereocenters. The Morgan fingerprint density at radius 1 is 1.20 bits per heavy atom. The topological polar surface area (TPSA) is 53.8 Å². The number of allylic oxidation sites excluding steroid dienone is 1. The summed E-state index contributed by atoms with van der Waals surface area (Å²) in [5.74, 6) is 0.438. The van der Waals surface area contributed by atoms with Crippen molar-refractivity contribution < 1.29 is 19.5 Å². The first-order chi connectivity index (χ1) is 12.0. The van der Waals surface area contributed by atoms with Gasteiger partial charge in [0.25, 0.3) is 0 Å². The van der Waals surface area contributed by atoms with Crippen LogP contribution in [0.4, 0.5) is 0 Å². The second-order valence-electron chi connectivity index (χ2n) is 6.05. The lowest BCUT2D eigenvalue weighted by Crippen LogP contribution is -3.10. The summed E-state index contributed by atoms with van der Waals surface area (Å²) in [6, 6.07) is 10.7. The van der Waals surface area contributed by atoms with E-state index in [1.165, 1.54) is 11.0 Å². The molecule has 0 bridgehead atoms. The van der Waals surface area contributed by atoms with Gasteiger partial charge in [-0.3, -0.25) is 4.79 Å². The number of carbonyl (C=O) groups is 1. The standard InChI is InChI=1S/C20H20BrNO3/c1-3-22(4-2)12-16-17(23)9-8-15-19(24)18(25-20(15)16)11-13-6-5-7-14(21)10-13/h5-11,23H,3-4,12H2,1-2H3/b18-11-. The number of hydrogen-bond donors (Lipinski definition) is 1. The number of hydrogen-bond acceptors (Lipinski definition) is 3. The van der Waals surface area contributed by atoms with Crippen LogP contribution in [0.1, 0.15) is 35.3 Å². The Bertz CT molecular complexity index is 841. The van der Waals surface area contributed by atoms with E-state index in [-0.39, 0.29) is 17.3 Å². The van der Waals surface area contributed by atoms with Crippen molar-refractivity contribution in [1.82, 2.24) is 0 Å². The van der Waals surface area contributed by atoms with Gasteiger partial charge < -0.3 is 14.7 Å². The molecule has 2 aromatic carbocycles. The van der Waals surface area contributed by atoms with Crippen molar-refractivity contribution in [3.8, 4) is 11.5 Å². The average molecular weight is 402 g/mol. The number of ketones is 1. The molecule has 1 aliphatic heterocycles. The molecule has 0 atom stereocenters. The van der Waals surface area contributed by atoms with Crippen molar-refractivity contribution in [3.63, 3.8) is 0 Å². The van der Waals surface area contributed by atoms with Gasteiger partial charge in [-0.2, -0.15) is 0 Å². The third-order valence-electron chi connectivity index (χ3n) is 4.47. The van der Waals surface area contributed by atoms with E-state index < -0.39 is 0 Å². The number of benzene rings is 2. The summed E-state index contributed by atoms with van der Waals surface area (Å²) < 4.78 is 6.78. The molecule has 0 spiro atoms. The minimum atomic E-state index is -0.175. The Balaban J connectivity index is 1.98. The minimum Gasteiger partial charge on any atom is -0.872 e. The molecule has 3 rings (SSSR count). The summed E-state index contributed by atoms with van der Waals surface area (Å²) in [6.45, 7) is 6.54. The number of ether oxygens (including phenoxy) is 1. The van der Waals surface area contributed by atoms with Gasteiger partial charge in [0.15, 0.2) is 5.76 Å². The molecule has 5 heteroatoms. The van der Waals surface area contributed by atoms with Gasteiger partial charge in [0.1, 0.15) is 12.3 Å². The number of carbonyl (C=O) groups excluding carboxylic acids is 1. The summed E-state index contributed by atoms with van der Waals surface area (Å²) in [6.07, 6.45) is 1.71. The first-order valence-electron chi connectivity index (χ1n) is 8.39. The molecule has 0 aliphatic carbocycles. The summed E-state index contributed by atoms with van der Waals surface area (Å²) >= 11 is 3.42. The molecule has 130 valence electrons. The molecule has 1 N–H and O–H groups in total. The summed E-state index contributed by atoms with van der Waals surface area (Å²) in [5.41, 5.74) is 1.92. The Kier molecular flexibility index (Phi) is 5.25. The van der Waals surface area contributed by atoms with Crippen LogP contribution in [0.5, 0.6) is 11.5 Å². The van der Waals surface area contributed by atoms with E-state index in [1.54, 1.807) is 12.1 Å². The van der Waals surface area contributed by atoms with Gasteiger partial charge in [0, 0.05) is 10.0 Å². The Morgan fingerprint density at radius 2 is 1.96 bits per heavy atom. The Labute approximate surface area is 155 Å². The molecular formula is C20H20BrNO3. The molecule has 1 heterocycles. The average Bonchev–Trinajstić information content (AvgIpc) is 2.90. The van der Waals surface area contributed by atoms with Gasteiger partial charge in [0.05, 0.1) is 18.7 Å². The zero-order valence-electron chi connectivity index (χ0n) is 14.3. The lowest BCUT2D eigenvalue weighted by atomic mass is 10.0. The van der Waals surface area contributed by atoms with Gasteiger partial charge in [-0.1, -0.05) is 39.9 Å². The first-order valence-corrected chi connectivity index (χ1v) is 9.19. The highest BCUT2D eigenvalue weighted by Gasteiger charge is 2.30. The van der Waals surface area contributed by atoms with Crippen molar-refractivity contribution in [3.05, 3.63) is 63.3 Å². The predicted molar refractivity (Wildman–Crippen MR) is 98.7 cm³/mol. The first kappa shape index (κ1) is 17.7. The maximum atomic E-state index is 12.7. The van der Waals surface area contributed by atoms with Crippen LogP contribution in [0, 0.1) is 0 Å². The maximum absolute atomic E-state index is 12.7. The van der Waals surface area contributed by atoms with Crippen LogP contribution >= 0.6 is 15.9 Å². The van der Waals surface area contributed by atoms with E-state index in [2.05, 4.69) is 29.8 Å². The van der Waals surface area contributed by atoms with E-state index in [0.29, 0.717) is 23.4 Å². The molecule has 25 heavy (non-hydrogen) atoms. The second-order valence-corrected chi connectivity index (χ2v) is 6.96. The molecule has 4 nitrogen and oxygen atoms in total. The Morgan fingerprint density at radius 3 is 2.64 bits per heavy atom. The quantitative estimate of drug-likeness (QED) is 0.783. The van der Waals surface area contributed by atoms with E-state index in [9.17, 15) is 9.90 Å². The smallest absolute Gasteiger partial charge is 0.231 e. The normalized spacial score (nSPS) is 14.9. The van der Waals surface area contributed by atoms with Crippen LogP contribution in [0.2, 0.25) is 0 Å². The molecule has 1 aliphatic rings. The molecule has 0 fully saturated rings. The van der Waals surface area contributed by atoms with Crippen molar-refractivity contribution in [2.24, 2.45) is 0 Å². The fraction of sp³-hybridized carbons (Fsp3) is 0.250. The third-order valence-corrected chi connectivity index (χ3v) is 4.96. The molecule has 0 saturated carbocycles. The number of fused-ring (bicyclic) bond motifs is 1. The largest absolute Gasteiger partial charge is 0.872 e. The van der Waals surface area contributed by atoms with Crippen LogP contribution in [-0.2, 0) is 6.54 Å². The molecule has 0 aromatic heterocycles. The molecule has 0 radical (unpaired) electrons. The number of quaternary nitrogens is 1. The maximum Gasteiger partial charge on any atom is 0.231 e. The van der Waals surface area contributed by atoms with Crippen LogP contribution in [0.15, 0.2) is 46.6 Å². The number of Topliss-reactive ketones (excluding diaryl/α,β-unsaturated/α-hetero) is 1. The molecule has 0 amide bonds. The second kappa shape index (κ2) is 7.42. The van der Waals surface area contributed by atoms with Gasteiger partial charge in [-0.05, 0) is 43.7 Å². The van der Waals surface area contributed by atoms with Gasteiger partial charge in [0.2, 0.25) is 5.78 Å². The highest BCUT2D eigenvalue weighted by atomic mass is 79.9. The lowest BCUT2D eigenvalue weighted by Gasteiger charge is -2.21. The van der Waals surface area contributed by atoms with Gasteiger partial charge >= 0.3 is 0 Å². The zero-order chi connectivity index (χ0) is 18.0. The van der Waals surface area contributed by atoms with Crippen LogP contribution in [0.3, 0.4) is 0 Å². The SMILES string of the molecule is CC[NH+](CC)Cc1c([O-])ccc2c1O/C(=C\c1cccc(Br)c1)C2=O. The lowest BCUT2D eigenvalue weighted by molar-refractivity contribution is -0.910. The number of nitrogens with one attached hydrogen (secondary N) is 1. The fourth-order valence-electron chi connectivity index (χ4n) is 2.95. The van der Waals surface area contributed by atoms with Crippen molar-refractivity contribution in [2.75, 3.05) is 13.1 Å². The molecule has 2 aromatic rings. The minimum absolute atomic E-state index is 0.0744. The summed E-state index contributed by atoms with van der Waals surface area (Å²) in [7, 11) is 0. The number of rotatable bonds is 5. The van der Waals surface area contributed by atoms with Crippen molar-refractivity contribution >= 4 is 27.8 Å². The number of halogens is 1. The summed E-state index contributed by atoms with van der Waals surface area (Å²) in [5, 5.41) is 12.3.